The maximum atomic E-state index is 14.0. The topological polar surface area (TPSA) is 22.1 Å². The predicted molar refractivity (Wildman–Crippen MR) is 142 cm³/mol. The predicted octanol–water partition coefficient (Wildman–Crippen LogP) is 9.50. The first-order valence-corrected chi connectivity index (χ1v) is 14.9. The summed E-state index contributed by atoms with van der Waals surface area (Å²) in [4.78, 5) is 4.59. The van der Waals surface area contributed by atoms with Crippen LogP contribution in [0.3, 0.4) is 0 Å². The molecular formula is C31H52FNO. The zero-order chi connectivity index (χ0) is 24.0. The van der Waals surface area contributed by atoms with Crippen LogP contribution in [0, 0.1) is 23.7 Å². The molecule has 3 rings (SSSR count). The highest BCUT2D eigenvalue weighted by Gasteiger charge is 2.24. The van der Waals surface area contributed by atoms with E-state index in [4.69, 9.17) is 4.74 Å². The van der Waals surface area contributed by atoms with Gasteiger partial charge in [-0.1, -0.05) is 110 Å². The average molecular weight is 474 g/mol. The van der Waals surface area contributed by atoms with Crippen LogP contribution in [0.1, 0.15) is 129 Å². The number of alkyl halides is 1. The summed E-state index contributed by atoms with van der Waals surface area (Å²) in [6, 6.07) is 4.04. The summed E-state index contributed by atoms with van der Waals surface area (Å²) in [6.45, 7) is 4.69. The molecule has 194 valence electrons. The van der Waals surface area contributed by atoms with Crippen LogP contribution in [-0.4, -0.2) is 17.8 Å². The molecule has 1 heterocycles. The number of unbranched alkanes of at least 4 members (excludes halogenated alkanes) is 3. The van der Waals surface area contributed by atoms with Crippen molar-refractivity contribution in [3.63, 3.8) is 0 Å². The molecule has 1 unspecified atom stereocenters. The van der Waals surface area contributed by atoms with Crippen LogP contribution in [0.25, 0.3) is 0 Å². The highest BCUT2D eigenvalue weighted by molar-refractivity contribution is 5.20. The van der Waals surface area contributed by atoms with Crippen LogP contribution >= 0.6 is 0 Å². The molecule has 0 radical (unpaired) electrons. The fourth-order valence-corrected chi connectivity index (χ4v) is 6.27. The van der Waals surface area contributed by atoms with Gasteiger partial charge in [0.1, 0.15) is 18.5 Å². The fraction of sp³-hybridized carbons (Fsp3) is 0.839. The van der Waals surface area contributed by atoms with Gasteiger partial charge in [-0.3, -0.25) is 4.98 Å². The van der Waals surface area contributed by atoms with Crippen LogP contribution in [-0.2, 0) is 6.42 Å². The number of halogens is 1. The molecule has 1 aromatic heterocycles. The fourth-order valence-electron chi connectivity index (χ4n) is 6.27. The normalized spacial score (nSPS) is 26.3. The molecule has 2 nitrogen and oxygen atoms in total. The Bertz CT molecular complexity index is 631. The van der Waals surface area contributed by atoms with E-state index in [-0.39, 0.29) is 6.61 Å². The van der Waals surface area contributed by atoms with Crippen molar-refractivity contribution in [1.82, 2.24) is 4.98 Å². The van der Waals surface area contributed by atoms with E-state index < -0.39 is 6.17 Å². The molecule has 0 amide bonds. The van der Waals surface area contributed by atoms with E-state index in [1.165, 1.54) is 89.9 Å². The minimum Gasteiger partial charge on any atom is -0.489 e. The van der Waals surface area contributed by atoms with Crippen molar-refractivity contribution in [2.75, 3.05) is 6.61 Å². The molecule has 0 saturated heterocycles. The molecule has 2 aliphatic carbocycles. The lowest BCUT2D eigenvalue weighted by Crippen LogP contribution is -2.18. The minimum absolute atomic E-state index is 0.149. The van der Waals surface area contributed by atoms with Gasteiger partial charge in [0.2, 0.25) is 0 Å². The summed E-state index contributed by atoms with van der Waals surface area (Å²) >= 11 is 0. The molecule has 0 N–H and O–H groups in total. The average Bonchev–Trinajstić information content (AvgIpc) is 2.89. The number of rotatable bonds is 15. The Kier molecular flexibility index (Phi) is 12.8. The number of hydrogen-bond acceptors (Lipinski definition) is 2. The van der Waals surface area contributed by atoms with E-state index in [2.05, 4.69) is 24.9 Å². The molecular weight excluding hydrogens is 421 g/mol. The van der Waals surface area contributed by atoms with Crippen LogP contribution < -0.4 is 4.74 Å². The molecule has 3 heteroatoms. The largest absolute Gasteiger partial charge is 0.489 e. The molecule has 1 atom stereocenters. The second kappa shape index (κ2) is 15.8. The summed E-state index contributed by atoms with van der Waals surface area (Å²) in [5.74, 6) is 4.61. The Morgan fingerprint density at radius 2 is 1.44 bits per heavy atom. The molecule has 0 aliphatic heterocycles. The van der Waals surface area contributed by atoms with Gasteiger partial charge in [-0.2, -0.15) is 0 Å². The molecule has 34 heavy (non-hydrogen) atoms. The molecule has 2 fully saturated rings. The lowest BCUT2D eigenvalue weighted by molar-refractivity contribution is 0.183. The molecule has 0 bridgehead atoms. The molecule has 2 aliphatic rings. The molecule has 1 aromatic rings. The maximum absolute atomic E-state index is 14.0. The quantitative estimate of drug-likeness (QED) is 0.237. The van der Waals surface area contributed by atoms with Crippen molar-refractivity contribution >= 4 is 0 Å². The standard InChI is InChI=1S/C31H52FNO/c1-3-5-6-7-8-29(32)24-34-31-22-21-30(33-23-31)20-19-28-17-15-27(16-18-28)14-13-26-11-9-25(4-2)10-12-26/h21-23,25-29H,3-20,24H2,1-2H3. The first-order valence-electron chi connectivity index (χ1n) is 14.9. The Hall–Kier alpha value is -1.12. The summed E-state index contributed by atoms with van der Waals surface area (Å²) in [5, 5.41) is 0. The summed E-state index contributed by atoms with van der Waals surface area (Å²) in [6.07, 6.45) is 24.3. The lowest BCUT2D eigenvalue weighted by atomic mass is 9.74. The third-order valence-electron chi connectivity index (χ3n) is 8.90. The van der Waals surface area contributed by atoms with Gasteiger partial charge in [-0.15, -0.1) is 0 Å². The Morgan fingerprint density at radius 3 is 2.00 bits per heavy atom. The van der Waals surface area contributed by atoms with E-state index in [0.29, 0.717) is 12.2 Å². The van der Waals surface area contributed by atoms with Crippen molar-refractivity contribution in [3.05, 3.63) is 24.0 Å². The van der Waals surface area contributed by atoms with Crippen LogP contribution in [0.15, 0.2) is 18.3 Å². The van der Waals surface area contributed by atoms with E-state index in [1.54, 1.807) is 6.20 Å². The van der Waals surface area contributed by atoms with E-state index in [0.717, 1.165) is 48.6 Å². The van der Waals surface area contributed by atoms with Crippen molar-refractivity contribution in [2.24, 2.45) is 23.7 Å². The number of aromatic nitrogens is 1. The van der Waals surface area contributed by atoms with E-state index >= 15 is 0 Å². The van der Waals surface area contributed by atoms with E-state index in [9.17, 15) is 4.39 Å². The van der Waals surface area contributed by atoms with Gasteiger partial charge >= 0.3 is 0 Å². The van der Waals surface area contributed by atoms with Gasteiger partial charge in [-0.25, -0.2) is 4.39 Å². The first-order chi connectivity index (χ1) is 16.7. The van der Waals surface area contributed by atoms with Gasteiger partial charge in [0.05, 0.1) is 6.20 Å². The van der Waals surface area contributed by atoms with Crippen LogP contribution in [0.5, 0.6) is 5.75 Å². The van der Waals surface area contributed by atoms with Gasteiger partial charge in [0.15, 0.2) is 0 Å². The smallest absolute Gasteiger partial charge is 0.137 e. The van der Waals surface area contributed by atoms with Gasteiger partial charge in [0, 0.05) is 5.69 Å². The zero-order valence-electron chi connectivity index (χ0n) is 22.3. The number of ether oxygens (including phenoxy) is 1. The lowest BCUT2D eigenvalue weighted by Gasteiger charge is -2.31. The van der Waals surface area contributed by atoms with Crippen LogP contribution in [0.2, 0.25) is 0 Å². The number of hydrogen-bond donors (Lipinski definition) is 0. The number of aryl methyl sites for hydroxylation is 1. The van der Waals surface area contributed by atoms with E-state index in [1.807, 2.05) is 6.07 Å². The van der Waals surface area contributed by atoms with Crippen molar-refractivity contribution in [2.45, 2.75) is 136 Å². The van der Waals surface area contributed by atoms with Crippen molar-refractivity contribution in [1.29, 1.82) is 0 Å². The SMILES string of the molecule is CCCCCCC(F)COc1ccc(CCC2CCC(CCC3CCC(CC)CC3)CC2)nc1. The first kappa shape index (κ1) is 27.5. The summed E-state index contributed by atoms with van der Waals surface area (Å²) in [7, 11) is 0. The van der Waals surface area contributed by atoms with Crippen molar-refractivity contribution in [3.8, 4) is 5.75 Å². The second-order valence-electron chi connectivity index (χ2n) is 11.5. The molecule has 0 spiro atoms. The van der Waals surface area contributed by atoms with Crippen molar-refractivity contribution < 1.29 is 9.13 Å². The highest BCUT2D eigenvalue weighted by Crippen LogP contribution is 2.38. The Morgan fingerprint density at radius 1 is 0.824 bits per heavy atom. The Balaban J connectivity index is 1.24. The van der Waals surface area contributed by atoms with Gasteiger partial charge in [0.25, 0.3) is 0 Å². The summed E-state index contributed by atoms with van der Waals surface area (Å²) in [5.41, 5.74) is 1.15. The van der Waals surface area contributed by atoms with Gasteiger partial charge in [-0.05, 0) is 55.1 Å². The number of pyridine rings is 1. The third-order valence-corrected chi connectivity index (χ3v) is 8.90. The maximum Gasteiger partial charge on any atom is 0.137 e. The number of nitrogens with zero attached hydrogens (tertiary/aromatic N) is 1. The second-order valence-corrected chi connectivity index (χ2v) is 11.5. The van der Waals surface area contributed by atoms with Crippen LogP contribution in [0.4, 0.5) is 4.39 Å². The Labute approximate surface area is 209 Å². The minimum atomic E-state index is -0.872. The zero-order valence-corrected chi connectivity index (χ0v) is 22.3. The molecule has 0 aromatic carbocycles. The molecule has 2 saturated carbocycles. The third kappa shape index (κ3) is 10.2. The summed E-state index contributed by atoms with van der Waals surface area (Å²) < 4.78 is 19.6. The van der Waals surface area contributed by atoms with Gasteiger partial charge < -0.3 is 4.74 Å². The highest BCUT2D eigenvalue weighted by atomic mass is 19.1. The monoisotopic (exact) mass is 473 g/mol.